The molecule has 0 saturated carbocycles. The number of carbonyl (C=O) groups is 2. The van der Waals surface area contributed by atoms with E-state index in [9.17, 15) is 9.59 Å². The molecule has 0 fully saturated rings. The molecule has 1 aromatic heterocycles. The number of allylic oxidation sites excluding steroid dienone is 2. The van der Waals surface area contributed by atoms with Crippen LogP contribution in [-0.2, 0) is 16.0 Å². The summed E-state index contributed by atoms with van der Waals surface area (Å²) in [7, 11) is 0. The van der Waals surface area contributed by atoms with Gasteiger partial charge in [0.2, 0.25) is 0 Å². The summed E-state index contributed by atoms with van der Waals surface area (Å²) in [5, 5.41) is 17.6. The van der Waals surface area contributed by atoms with Gasteiger partial charge in [-0.05, 0) is 49.1 Å². The lowest BCUT2D eigenvalue weighted by molar-refractivity contribution is -0.138. The monoisotopic (exact) mass is 338 g/mol. The number of hydrogen-bond donors (Lipinski definition) is 2. The minimum absolute atomic E-state index is 0.0828. The van der Waals surface area contributed by atoms with Crippen molar-refractivity contribution in [3.63, 3.8) is 0 Å². The van der Waals surface area contributed by atoms with Gasteiger partial charge in [0.05, 0.1) is 22.4 Å². The van der Waals surface area contributed by atoms with Crippen molar-refractivity contribution in [2.24, 2.45) is 0 Å². The van der Waals surface area contributed by atoms with Gasteiger partial charge in [-0.15, -0.1) is 0 Å². The van der Waals surface area contributed by atoms with Crippen LogP contribution in [0.1, 0.15) is 42.6 Å². The summed E-state index contributed by atoms with van der Waals surface area (Å²) in [5.41, 5.74) is 4.88. The maximum atomic E-state index is 10.8. The van der Waals surface area contributed by atoms with E-state index in [0.717, 1.165) is 33.6 Å². The van der Waals surface area contributed by atoms with E-state index in [2.05, 4.69) is 9.97 Å². The van der Waals surface area contributed by atoms with Gasteiger partial charge in [0.25, 0.3) is 0 Å². The largest absolute Gasteiger partial charge is 0.481 e. The van der Waals surface area contributed by atoms with Crippen molar-refractivity contribution >= 4 is 35.1 Å². The lowest BCUT2D eigenvalue weighted by Gasteiger charge is -2.06. The third-order valence-corrected chi connectivity index (χ3v) is 4.07. The third kappa shape index (κ3) is 4.29. The van der Waals surface area contributed by atoms with Gasteiger partial charge in [0.15, 0.2) is 0 Å². The molecule has 0 saturated heterocycles. The summed E-state index contributed by atoms with van der Waals surface area (Å²) < 4.78 is 0. The predicted octanol–water partition coefficient (Wildman–Crippen LogP) is 3.31. The second-order valence-corrected chi connectivity index (χ2v) is 6.01. The normalized spacial score (nSPS) is 13.2. The molecule has 0 amide bonds. The Hall–Kier alpha value is -3.02. The summed E-state index contributed by atoms with van der Waals surface area (Å²) >= 11 is 0. The van der Waals surface area contributed by atoms with Crippen LogP contribution < -0.4 is 0 Å². The lowest BCUT2D eigenvalue weighted by Crippen LogP contribution is -1.99. The molecule has 2 aromatic rings. The fourth-order valence-electron chi connectivity index (χ4n) is 2.78. The summed E-state index contributed by atoms with van der Waals surface area (Å²) in [4.78, 5) is 30.7. The summed E-state index contributed by atoms with van der Waals surface area (Å²) in [6.45, 7) is 0. The van der Waals surface area contributed by atoms with Crippen LogP contribution in [-0.4, -0.2) is 32.1 Å². The number of carboxylic acid groups (broad SMARTS) is 2. The van der Waals surface area contributed by atoms with Crippen LogP contribution in [0, 0.1) is 0 Å². The standard InChI is InChI=1S/C19H18N2O4/c22-18(23)8-5-12-2-1-3-14-16(10-12)21-15-7-4-13(6-9-19(24)25)11-17(15)20-14/h1,3-4,7,10-11H,2,5-6,8-9H2,(H,22,23)(H,24,25). The number of benzene rings is 1. The zero-order valence-corrected chi connectivity index (χ0v) is 13.6. The molecule has 2 N–H and O–H groups in total. The van der Waals surface area contributed by atoms with Crippen molar-refractivity contribution in [1.29, 1.82) is 0 Å². The van der Waals surface area contributed by atoms with Gasteiger partial charge in [-0.25, -0.2) is 9.97 Å². The van der Waals surface area contributed by atoms with Crippen LogP contribution in [0.25, 0.3) is 23.2 Å². The molecule has 0 radical (unpaired) electrons. The van der Waals surface area contributed by atoms with Gasteiger partial charge in [-0.2, -0.15) is 0 Å². The molecule has 1 aliphatic rings. The van der Waals surface area contributed by atoms with Crippen LogP contribution >= 0.6 is 0 Å². The van der Waals surface area contributed by atoms with Crippen molar-refractivity contribution in [2.45, 2.75) is 32.1 Å². The minimum atomic E-state index is -0.824. The fraction of sp³-hybridized carbons (Fsp3) is 0.263. The van der Waals surface area contributed by atoms with Crippen LogP contribution in [0.2, 0.25) is 0 Å². The number of carboxylic acids is 2. The zero-order chi connectivity index (χ0) is 17.8. The summed E-state index contributed by atoms with van der Waals surface area (Å²) in [6.07, 6.45) is 7.60. The van der Waals surface area contributed by atoms with E-state index in [4.69, 9.17) is 10.2 Å². The average Bonchev–Trinajstić information content (AvgIpc) is 2.77. The fourth-order valence-corrected chi connectivity index (χ4v) is 2.78. The highest BCUT2D eigenvalue weighted by atomic mass is 16.4. The van der Waals surface area contributed by atoms with Crippen molar-refractivity contribution in [3.05, 3.63) is 46.8 Å². The first-order valence-corrected chi connectivity index (χ1v) is 8.11. The molecule has 0 unspecified atom stereocenters. The molecule has 0 bridgehead atoms. The quantitative estimate of drug-likeness (QED) is 0.838. The molecule has 6 nitrogen and oxygen atoms in total. The number of nitrogens with zero attached hydrogens (tertiary/aromatic N) is 2. The first kappa shape index (κ1) is 16.8. The van der Waals surface area contributed by atoms with Crippen molar-refractivity contribution in [3.8, 4) is 0 Å². The van der Waals surface area contributed by atoms with Crippen LogP contribution in [0.15, 0.2) is 29.8 Å². The van der Waals surface area contributed by atoms with E-state index in [0.29, 0.717) is 19.3 Å². The minimum Gasteiger partial charge on any atom is -0.481 e. The molecular formula is C19H18N2O4. The third-order valence-electron chi connectivity index (χ3n) is 4.07. The molecule has 0 spiro atoms. The Morgan fingerprint density at radius 2 is 1.68 bits per heavy atom. The SMILES string of the molecule is O=C(O)CCC1=Cc2nc3ccc(CCC(=O)O)cc3nc2C=CC1. The molecule has 1 heterocycles. The Morgan fingerprint density at radius 3 is 2.44 bits per heavy atom. The van der Waals surface area contributed by atoms with E-state index in [1.807, 2.05) is 36.4 Å². The molecule has 1 aromatic carbocycles. The van der Waals surface area contributed by atoms with Gasteiger partial charge >= 0.3 is 11.9 Å². The smallest absolute Gasteiger partial charge is 0.303 e. The van der Waals surface area contributed by atoms with Crippen LogP contribution in [0.4, 0.5) is 0 Å². The lowest BCUT2D eigenvalue weighted by atomic mass is 10.1. The van der Waals surface area contributed by atoms with Gasteiger partial charge in [-0.1, -0.05) is 17.7 Å². The number of rotatable bonds is 6. The highest BCUT2D eigenvalue weighted by Crippen LogP contribution is 2.24. The molecular weight excluding hydrogens is 320 g/mol. The number of fused-ring (bicyclic) bond motifs is 2. The molecule has 128 valence electrons. The molecule has 25 heavy (non-hydrogen) atoms. The Bertz CT molecular complexity index is 900. The molecule has 3 rings (SSSR count). The highest BCUT2D eigenvalue weighted by Gasteiger charge is 2.11. The second kappa shape index (κ2) is 7.25. The van der Waals surface area contributed by atoms with Gasteiger partial charge in [0.1, 0.15) is 0 Å². The summed E-state index contributed by atoms with van der Waals surface area (Å²) in [5.74, 6) is -1.64. The maximum absolute atomic E-state index is 10.8. The van der Waals surface area contributed by atoms with Crippen molar-refractivity contribution < 1.29 is 19.8 Å². The van der Waals surface area contributed by atoms with E-state index in [1.165, 1.54) is 0 Å². The van der Waals surface area contributed by atoms with E-state index < -0.39 is 11.9 Å². The summed E-state index contributed by atoms with van der Waals surface area (Å²) in [6, 6.07) is 5.59. The Kier molecular flexibility index (Phi) is 4.88. The van der Waals surface area contributed by atoms with Gasteiger partial charge < -0.3 is 10.2 Å². The zero-order valence-electron chi connectivity index (χ0n) is 13.6. The van der Waals surface area contributed by atoms with Crippen LogP contribution in [0.5, 0.6) is 0 Å². The van der Waals surface area contributed by atoms with E-state index >= 15 is 0 Å². The first-order chi connectivity index (χ1) is 12.0. The highest BCUT2D eigenvalue weighted by molar-refractivity contribution is 5.80. The average molecular weight is 338 g/mol. The van der Waals surface area contributed by atoms with Crippen molar-refractivity contribution in [2.75, 3.05) is 0 Å². The van der Waals surface area contributed by atoms with E-state index in [1.54, 1.807) is 0 Å². The Balaban J connectivity index is 1.92. The second-order valence-electron chi connectivity index (χ2n) is 6.01. The topological polar surface area (TPSA) is 100 Å². The molecule has 1 aliphatic carbocycles. The van der Waals surface area contributed by atoms with Gasteiger partial charge in [-0.3, -0.25) is 9.59 Å². The van der Waals surface area contributed by atoms with Gasteiger partial charge in [0, 0.05) is 12.8 Å². The number of aromatic nitrogens is 2. The molecule has 0 atom stereocenters. The van der Waals surface area contributed by atoms with E-state index in [-0.39, 0.29) is 12.8 Å². The van der Waals surface area contributed by atoms with Crippen molar-refractivity contribution in [1.82, 2.24) is 9.97 Å². The Labute approximate surface area is 144 Å². The number of hydrogen-bond acceptors (Lipinski definition) is 4. The Morgan fingerprint density at radius 1 is 0.960 bits per heavy atom. The molecule has 6 heteroatoms. The number of aliphatic carboxylic acids is 2. The first-order valence-electron chi connectivity index (χ1n) is 8.11. The maximum Gasteiger partial charge on any atom is 0.303 e. The van der Waals surface area contributed by atoms with Crippen LogP contribution in [0.3, 0.4) is 0 Å². The predicted molar refractivity (Wildman–Crippen MR) is 94.0 cm³/mol. The molecule has 0 aliphatic heterocycles. The number of aryl methyl sites for hydroxylation is 1.